The van der Waals surface area contributed by atoms with Crippen molar-refractivity contribution in [3.8, 4) is 0 Å². The van der Waals surface area contributed by atoms with E-state index in [1.165, 1.54) is 0 Å². The van der Waals surface area contributed by atoms with Gasteiger partial charge < -0.3 is 14.4 Å². The van der Waals surface area contributed by atoms with Crippen molar-refractivity contribution in [3.63, 3.8) is 0 Å². The molecule has 3 aromatic heterocycles. The molecule has 0 fully saturated rings. The van der Waals surface area contributed by atoms with Crippen LogP contribution in [0.1, 0.15) is 28.9 Å². The lowest BCUT2D eigenvalue weighted by atomic mass is 10.1. The fraction of sp³-hybridized carbons (Fsp3) is 0.222. The van der Waals surface area contributed by atoms with Crippen molar-refractivity contribution in [2.45, 2.75) is 19.9 Å². The third-order valence-corrected chi connectivity index (χ3v) is 4.15. The quantitative estimate of drug-likeness (QED) is 0.617. The average molecular weight is 334 g/mol. The van der Waals surface area contributed by atoms with Crippen LogP contribution in [0.4, 0.5) is 5.82 Å². The second-order valence-electron chi connectivity index (χ2n) is 5.95. The molecule has 0 aliphatic rings. The Labute approximate surface area is 144 Å². The third kappa shape index (κ3) is 2.73. The molecule has 0 spiro atoms. The first-order valence-electron chi connectivity index (χ1n) is 8.03. The lowest BCUT2D eigenvalue weighted by molar-refractivity contribution is 0.442. The Kier molecular flexibility index (Phi) is 3.68. The van der Waals surface area contributed by atoms with E-state index in [-0.39, 0.29) is 6.04 Å². The van der Waals surface area contributed by atoms with Crippen LogP contribution in [-0.4, -0.2) is 24.7 Å². The zero-order valence-electron chi connectivity index (χ0n) is 14.3. The molecule has 4 aromatic rings. The lowest BCUT2D eigenvalue weighted by Crippen LogP contribution is -2.18. The van der Waals surface area contributed by atoms with E-state index in [4.69, 9.17) is 4.52 Å². The summed E-state index contributed by atoms with van der Waals surface area (Å²) >= 11 is 0. The smallest absolute Gasteiger partial charge is 0.263 e. The summed E-state index contributed by atoms with van der Waals surface area (Å²) in [4.78, 5) is 13.4. The Morgan fingerprint density at radius 1 is 1.12 bits per heavy atom. The largest absolute Gasteiger partial charge is 0.355 e. The zero-order valence-corrected chi connectivity index (χ0v) is 14.3. The maximum Gasteiger partial charge on any atom is 0.263 e. The van der Waals surface area contributed by atoms with Crippen LogP contribution in [0.2, 0.25) is 0 Å². The van der Waals surface area contributed by atoms with E-state index < -0.39 is 0 Å². The van der Waals surface area contributed by atoms with Gasteiger partial charge in [-0.05, 0) is 19.4 Å². The first kappa shape index (κ1) is 15.3. The minimum Gasteiger partial charge on any atom is -0.355 e. The molecule has 3 heterocycles. The number of anilines is 1. The van der Waals surface area contributed by atoms with Gasteiger partial charge in [-0.2, -0.15) is 4.98 Å². The number of rotatable bonds is 4. The normalized spacial score (nSPS) is 12.4. The van der Waals surface area contributed by atoms with Crippen molar-refractivity contribution in [2.75, 3.05) is 5.32 Å². The van der Waals surface area contributed by atoms with Crippen molar-refractivity contribution >= 4 is 16.9 Å². The van der Waals surface area contributed by atoms with Crippen molar-refractivity contribution in [1.29, 1.82) is 0 Å². The van der Waals surface area contributed by atoms with E-state index in [0.29, 0.717) is 17.4 Å². The number of hydrogen-bond donors (Lipinski definition) is 1. The third-order valence-electron chi connectivity index (χ3n) is 4.15. The Morgan fingerprint density at radius 3 is 2.64 bits per heavy atom. The molecule has 126 valence electrons. The highest BCUT2D eigenvalue weighted by Crippen LogP contribution is 2.30. The molecular formula is C18H18N6O. The second-order valence-corrected chi connectivity index (χ2v) is 5.95. The van der Waals surface area contributed by atoms with Crippen LogP contribution < -0.4 is 5.32 Å². The number of aryl methyl sites for hydroxylation is 3. The number of fused-ring (bicyclic) bond motifs is 1. The van der Waals surface area contributed by atoms with E-state index in [2.05, 4.69) is 37.6 Å². The van der Waals surface area contributed by atoms with Gasteiger partial charge in [0, 0.05) is 19.4 Å². The molecule has 1 N–H and O–H groups in total. The molecule has 0 amide bonds. The van der Waals surface area contributed by atoms with Crippen molar-refractivity contribution in [1.82, 2.24) is 24.7 Å². The van der Waals surface area contributed by atoms with Gasteiger partial charge >= 0.3 is 0 Å². The summed E-state index contributed by atoms with van der Waals surface area (Å²) in [6.45, 7) is 3.72. The molecule has 0 saturated carbocycles. The molecular weight excluding hydrogens is 316 g/mol. The summed E-state index contributed by atoms with van der Waals surface area (Å²) in [5.74, 6) is 2.21. The van der Waals surface area contributed by atoms with E-state index in [1.807, 2.05) is 49.9 Å². The number of aromatic nitrogens is 5. The molecule has 0 saturated heterocycles. The summed E-state index contributed by atoms with van der Waals surface area (Å²) in [6.07, 6.45) is 3.72. The minimum atomic E-state index is -0.159. The Bertz CT molecular complexity index is 1020. The van der Waals surface area contributed by atoms with Crippen LogP contribution in [0.3, 0.4) is 0 Å². The van der Waals surface area contributed by atoms with Crippen LogP contribution in [0, 0.1) is 13.8 Å². The van der Waals surface area contributed by atoms with Gasteiger partial charge in [-0.25, -0.2) is 9.97 Å². The van der Waals surface area contributed by atoms with Crippen LogP contribution in [-0.2, 0) is 7.05 Å². The van der Waals surface area contributed by atoms with Gasteiger partial charge in [0.05, 0.1) is 5.69 Å². The number of hydrogen-bond acceptors (Lipinski definition) is 6. The van der Waals surface area contributed by atoms with Crippen molar-refractivity contribution in [2.24, 2.45) is 7.05 Å². The predicted molar refractivity (Wildman–Crippen MR) is 94.2 cm³/mol. The molecule has 7 heteroatoms. The van der Waals surface area contributed by atoms with Gasteiger partial charge in [0.1, 0.15) is 28.9 Å². The summed E-state index contributed by atoms with van der Waals surface area (Å²) in [5.41, 5.74) is 2.33. The van der Waals surface area contributed by atoms with Gasteiger partial charge in [-0.3, -0.25) is 0 Å². The maximum atomic E-state index is 5.31. The highest BCUT2D eigenvalue weighted by atomic mass is 16.5. The zero-order chi connectivity index (χ0) is 17.4. The maximum absolute atomic E-state index is 5.31. The first-order chi connectivity index (χ1) is 12.1. The van der Waals surface area contributed by atoms with Crippen LogP contribution in [0.15, 0.2) is 47.2 Å². The minimum absolute atomic E-state index is 0.159. The second kappa shape index (κ2) is 6.01. The highest BCUT2D eigenvalue weighted by molar-refractivity contribution is 5.87. The van der Waals surface area contributed by atoms with E-state index in [1.54, 1.807) is 6.20 Å². The highest BCUT2D eigenvalue weighted by Gasteiger charge is 2.22. The lowest BCUT2D eigenvalue weighted by Gasteiger charge is -2.20. The molecule has 0 aliphatic carbocycles. The van der Waals surface area contributed by atoms with Gasteiger partial charge in [-0.15, -0.1) is 0 Å². The predicted octanol–water partition coefficient (Wildman–Crippen LogP) is 3.17. The molecule has 1 aromatic carbocycles. The monoisotopic (exact) mass is 334 g/mol. The summed E-state index contributed by atoms with van der Waals surface area (Å²) < 4.78 is 7.31. The Balaban J connectivity index is 1.85. The average Bonchev–Trinajstić information content (AvgIpc) is 3.19. The topological polar surface area (TPSA) is 81.7 Å². The SMILES string of the molecule is Cc1nc(N[C@H](c2ccccc2)c2nccn2C)c2c(C)noc2n1. The standard InChI is InChI=1S/C18H18N6O/c1-11-14-16(20-12(2)21-18(14)25-23-11)22-15(13-7-5-4-6-8-13)17-19-9-10-24(17)3/h4-10,15H,1-3H3,(H,20,21,22)/t15-/m1/s1. The van der Waals surface area contributed by atoms with Crippen LogP contribution in [0.25, 0.3) is 11.1 Å². The number of imidazole rings is 1. The molecule has 4 rings (SSSR count). The number of benzene rings is 1. The molecule has 25 heavy (non-hydrogen) atoms. The van der Waals surface area contributed by atoms with E-state index >= 15 is 0 Å². The van der Waals surface area contributed by atoms with Crippen molar-refractivity contribution < 1.29 is 4.52 Å². The first-order valence-corrected chi connectivity index (χ1v) is 8.03. The number of nitrogens with one attached hydrogen (secondary N) is 1. The van der Waals surface area contributed by atoms with Gasteiger partial charge in [0.15, 0.2) is 0 Å². The molecule has 0 bridgehead atoms. The molecule has 0 aliphatic heterocycles. The Hall–Kier alpha value is -3.22. The molecule has 7 nitrogen and oxygen atoms in total. The molecule has 1 atom stereocenters. The van der Waals surface area contributed by atoms with E-state index in [9.17, 15) is 0 Å². The van der Waals surface area contributed by atoms with Crippen molar-refractivity contribution in [3.05, 3.63) is 65.6 Å². The summed E-state index contributed by atoms with van der Waals surface area (Å²) in [5, 5.41) is 8.33. The van der Waals surface area contributed by atoms with Crippen LogP contribution in [0.5, 0.6) is 0 Å². The summed E-state index contributed by atoms with van der Waals surface area (Å²) in [6, 6.07) is 10.00. The van der Waals surface area contributed by atoms with Gasteiger partial charge in [0.2, 0.25) is 0 Å². The fourth-order valence-electron chi connectivity index (χ4n) is 2.94. The fourth-order valence-corrected chi connectivity index (χ4v) is 2.94. The summed E-state index contributed by atoms with van der Waals surface area (Å²) in [7, 11) is 1.98. The number of nitrogens with zero attached hydrogens (tertiary/aromatic N) is 5. The molecule has 0 unspecified atom stereocenters. The van der Waals surface area contributed by atoms with Crippen LogP contribution >= 0.6 is 0 Å². The Morgan fingerprint density at radius 2 is 1.92 bits per heavy atom. The molecule has 0 radical (unpaired) electrons. The van der Waals surface area contributed by atoms with Gasteiger partial charge in [-0.1, -0.05) is 35.5 Å². The van der Waals surface area contributed by atoms with E-state index in [0.717, 1.165) is 22.5 Å². The van der Waals surface area contributed by atoms with Gasteiger partial charge in [0.25, 0.3) is 5.71 Å².